The molecule has 1 unspecified atom stereocenters. The Morgan fingerprint density at radius 3 is 2.48 bits per heavy atom. The van der Waals surface area contributed by atoms with Gasteiger partial charge in [-0.25, -0.2) is 0 Å². The quantitative estimate of drug-likeness (QED) is 0.758. The molecule has 5 nitrogen and oxygen atoms in total. The highest BCUT2D eigenvalue weighted by Crippen LogP contribution is 2.35. The Bertz CT molecular complexity index is 549. The second-order valence-corrected chi connectivity index (χ2v) is 7.20. The third-order valence-corrected chi connectivity index (χ3v) is 5.10. The number of ether oxygens (including phenoxy) is 2. The number of carbonyl (C=O) groups excluding carboxylic acids is 1. The third-order valence-electron chi connectivity index (χ3n) is 5.10. The summed E-state index contributed by atoms with van der Waals surface area (Å²) in [6.45, 7) is 8.47. The van der Waals surface area contributed by atoms with Crippen LogP contribution in [-0.2, 0) is 14.9 Å². The van der Waals surface area contributed by atoms with Crippen molar-refractivity contribution in [2.75, 3.05) is 26.4 Å². The lowest BCUT2D eigenvalue weighted by atomic mass is 9.74. The number of benzene rings is 1. The van der Waals surface area contributed by atoms with Gasteiger partial charge in [0.2, 0.25) is 5.91 Å². The van der Waals surface area contributed by atoms with E-state index in [1.807, 2.05) is 26.0 Å². The molecular weight excluding hydrogens is 316 g/mol. The molecule has 0 saturated carbocycles. The molecule has 0 spiro atoms. The molecule has 25 heavy (non-hydrogen) atoms. The van der Waals surface area contributed by atoms with Crippen molar-refractivity contribution in [3.63, 3.8) is 0 Å². The minimum absolute atomic E-state index is 0.0776. The summed E-state index contributed by atoms with van der Waals surface area (Å²) in [5.74, 6) is 0.793. The Kier molecular flexibility index (Phi) is 6.85. The van der Waals surface area contributed by atoms with E-state index >= 15 is 0 Å². The summed E-state index contributed by atoms with van der Waals surface area (Å²) in [6.07, 6.45) is 3.34. The van der Waals surface area contributed by atoms with Crippen molar-refractivity contribution < 1.29 is 14.3 Å². The van der Waals surface area contributed by atoms with Crippen molar-refractivity contribution in [1.29, 1.82) is 0 Å². The van der Waals surface area contributed by atoms with E-state index in [1.165, 1.54) is 5.56 Å². The van der Waals surface area contributed by atoms with Crippen LogP contribution in [0.3, 0.4) is 0 Å². The van der Waals surface area contributed by atoms with Gasteiger partial charge in [-0.2, -0.15) is 0 Å². The molecule has 1 heterocycles. The van der Waals surface area contributed by atoms with Gasteiger partial charge < -0.3 is 20.5 Å². The van der Waals surface area contributed by atoms with E-state index in [-0.39, 0.29) is 11.3 Å². The number of amides is 1. The van der Waals surface area contributed by atoms with Crippen molar-refractivity contribution in [2.24, 2.45) is 5.73 Å². The van der Waals surface area contributed by atoms with Crippen molar-refractivity contribution in [2.45, 2.75) is 57.4 Å². The monoisotopic (exact) mass is 348 g/mol. The predicted octanol–water partition coefficient (Wildman–Crippen LogP) is 2.77. The molecule has 2 rings (SSSR count). The first kappa shape index (κ1) is 19.7. The predicted molar refractivity (Wildman–Crippen MR) is 99.9 cm³/mol. The van der Waals surface area contributed by atoms with Crippen molar-refractivity contribution in [1.82, 2.24) is 5.32 Å². The number of nitrogens with two attached hydrogens (primary N) is 1. The molecule has 5 heteroatoms. The van der Waals surface area contributed by atoms with E-state index in [9.17, 15) is 4.79 Å². The SMILES string of the molecule is CCCC(C)(N)C(=O)NCC1(c2ccc(OCC)cc2)CCOCC1. The molecule has 3 N–H and O–H groups in total. The highest BCUT2D eigenvalue weighted by molar-refractivity contribution is 5.85. The van der Waals surface area contributed by atoms with Crippen LogP contribution in [0.4, 0.5) is 0 Å². The fraction of sp³-hybridized carbons (Fsp3) is 0.650. The summed E-state index contributed by atoms with van der Waals surface area (Å²) in [5, 5.41) is 3.11. The summed E-state index contributed by atoms with van der Waals surface area (Å²) >= 11 is 0. The average molecular weight is 348 g/mol. The molecule has 1 aromatic rings. The zero-order valence-corrected chi connectivity index (χ0v) is 15.8. The molecule has 1 saturated heterocycles. The van der Waals surface area contributed by atoms with E-state index in [0.29, 0.717) is 32.8 Å². The second kappa shape index (κ2) is 8.68. The molecule has 0 aromatic heterocycles. The van der Waals surface area contributed by atoms with Gasteiger partial charge in [-0.15, -0.1) is 0 Å². The molecule has 140 valence electrons. The summed E-state index contributed by atoms with van der Waals surface area (Å²) in [4.78, 5) is 12.5. The average Bonchev–Trinajstić information content (AvgIpc) is 2.61. The van der Waals surface area contributed by atoms with Gasteiger partial charge >= 0.3 is 0 Å². The Balaban J connectivity index is 2.13. The van der Waals surface area contributed by atoms with Crippen LogP contribution in [0, 0.1) is 0 Å². The van der Waals surface area contributed by atoms with E-state index < -0.39 is 5.54 Å². The lowest BCUT2D eigenvalue weighted by Gasteiger charge is -2.39. The van der Waals surface area contributed by atoms with E-state index in [1.54, 1.807) is 6.92 Å². The van der Waals surface area contributed by atoms with Gasteiger partial charge in [0.05, 0.1) is 12.1 Å². The second-order valence-electron chi connectivity index (χ2n) is 7.20. The lowest BCUT2D eigenvalue weighted by molar-refractivity contribution is -0.126. The molecular formula is C20H32N2O3. The Morgan fingerprint density at radius 2 is 1.92 bits per heavy atom. The van der Waals surface area contributed by atoms with Crippen LogP contribution in [0.25, 0.3) is 0 Å². The van der Waals surface area contributed by atoms with Gasteiger partial charge in [-0.3, -0.25) is 4.79 Å². The van der Waals surface area contributed by atoms with Crippen LogP contribution in [0.2, 0.25) is 0 Å². The maximum absolute atomic E-state index is 12.5. The van der Waals surface area contributed by atoms with Gasteiger partial charge in [-0.1, -0.05) is 25.5 Å². The van der Waals surface area contributed by atoms with Crippen LogP contribution >= 0.6 is 0 Å². The highest BCUT2D eigenvalue weighted by Gasteiger charge is 2.36. The fourth-order valence-corrected chi connectivity index (χ4v) is 3.49. The molecule has 0 bridgehead atoms. The number of rotatable bonds is 8. The maximum Gasteiger partial charge on any atom is 0.239 e. The normalized spacial score (nSPS) is 19.0. The van der Waals surface area contributed by atoms with E-state index in [2.05, 4.69) is 17.4 Å². The van der Waals surface area contributed by atoms with Gasteiger partial charge in [0, 0.05) is 25.2 Å². The van der Waals surface area contributed by atoms with Crippen LogP contribution in [0.1, 0.15) is 52.0 Å². The summed E-state index contributed by atoms with van der Waals surface area (Å²) < 4.78 is 11.1. The molecule has 1 aliphatic rings. The topological polar surface area (TPSA) is 73.6 Å². The molecule has 1 atom stereocenters. The molecule has 1 fully saturated rings. The lowest BCUT2D eigenvalue weighted by Crippen LogP contribution is -2.55. The van der Waals surface area contributed by atoms with Gasteiger partial charge in [-0.05, 0) is 50.8 Å². The Hall–Kier alpha value is -1.59. The standard InChI is InChI=1S/C20H32N2O3/c1-4-10-19(3,21)18(23)22-15-20(11-13-24-14-12-20)16-6-8-17(9-7-16)25-5-2/h6-9H,4-5,10-15,21H2,1-3H3,(H,22,23). The zero-order valence-electron chi connectivity index (χ0n) is 15.8. The molecule has 0 radical (unpaired) electrons. The summed E-state index contributed by atoms with van der Waals surface area (Å²) in [5.41, 5.74) is 6.45. The fourth-order valence-electron chi connectivity index (χ4n) is 3.49. The first-order valence-corrected chi connectivity index (χ1v) is 9.32. The summed E-state index contributed by atoms with van der Waals surface area (Å²) in [7, 11) is 0. The smallest absolute Gasteiger partial charge is 0.239 e. The Morgan fingerprint density at radius 1 is 1.28 bits per heavy atom. The molecule has 1 amide bonds. The molecule has 1 aromatic carbocycles. The number of hydrogen-bond acceptors (Lipinski definition) is 4. The van der Waals surface area contributed by atoms with Crippen LogP contribution < -0.4 is 15.8 Å². The van der Waals surface area contributed by atoms with Gasteiger partial charge in [0.25, 0.3) is 0 Å². The molecule has 1 aliphatic heterocycles. The first-order valence-electron chi connectivity index (χ1n) is 9.32. The maximum atomic E-state index is 12.5. The van der Waals surface area contributed by atoms with Crippen LogP contribution in [0.5, 0.6) is 5.75 Å². The van der Waals surface area contributed by atoms with E-state index in [4.69, 9.17) is 15.2 Å². The van der Waals surface area contributed by atoms with Crippen LogP contribution in [0.15, 0.2) is 24.3 Å². The third kappa shape index (κ3) is 4.95. The minimum Gasteiger partial charge on any atom is -0.494 e. The largest absolute Gasteiger partial charge is 0.494 e. The number of nitrogens with one attached hydrogen (secondary N) is 1. The van der Waals surface area contributed by atoms with Gasteiger partial charge in [0.1, 0.15) is 5.75 Å². The summed E-state index contributed by atoms with van der Waals surface area (Å²) in [6, 6.07) is 8.22. The van der Waals surface area contributed by atoms with Crippen molar-refractivity contribution >= 4 is 5.91 Å². The highest BCUT2D eigenvalue weighted by atomic mass is 16.5. The van der Waals surface area contributed by atoms with E-state index in [0.717, 1.165) is 25.0 Å². The minimum atomic E-state index is -0.820. The Labute approximate surface area is 151 Å². The first-order chi connectivity index (χ1) is 11.9. The number of carbonyl (C=O) groups is 1. The zero-order chi connectivity index (χ0) is 18.3. The van der Waals surface area contributed by atoms with Gasteiger partial charge in [0.15, 0.2) is 0 Å². The molecule has 0 aliphatic carbocycles. The number of hydrogen-bond donors (Lipinski definition) is 2. The van der Waals surface area contributed by atoms with Crippen LogP contribution in [-0.4, -0.2) is 37.8 Å². The van der Waals surface area contributed by atoms with Crippen molar-refractivity contribution in [3.8, 4) is 5.75 Å². The van der Waals surface area contributed by atoms with Crippen molar-refractivity contribution in [3.05, 3.63) is 29.8 Å².